The Kier molecular flexibility index (Phi) is 6.61. The first kappa shape index (κ1) is 30.7. The maximum Gasteiger partial charge on any atom is 0.101 e. The van der Waals surface area contributed by atoms with Gasteiger partial charge in [-0.05, 0) is 83.9 Å². The van der Waals surface area contributed by atoms with Gasteiger partial charge in [-0.2, -0.15) is 10.5 Å². The second kappa shape index (κ2) is 11.8. The Labute approximate surface area is 316 Å². The summed E-state index contributed by atoms with van der Waals surface area (Å²) < 4.78 is 6.91. The van der Waals surface area contributed by atoms with Crippen molar-refractivity contribution in [2.45, 2.75) is 0 Å². The van der Waals surface area contributed by atoms with E-state index >= 15 is 0 Å². The van der Waals surface area contributed by atoms with Gasteiger partial charge in [0.1, 0.15) is 6.07 Å². The van der Waals surface area contributed by atoms with Crippen molar-refractivity contribution in [2.24, 2.45) is 0 Å². The molecule has 5 heteroatoms. The molecule has 5 nitrogen and oxygen atoms in total. The van der Waals surface area contributed by atoms with E-state index in [-0.39, 0.29) is 0 Å². The van der Waals surface area contributed by atoms with Crippen molar-refractivity contribution in [3.05, 3.63) is 187 Å². The van der Waals surface area contributed by atoms with Gasteiger partial charge >= 0.3 is 0 Å². The highest BCUT2D eigenvalue weighted by Gasteiger charge is 2.21. The van der Waals surface area contributed by atoms with E-state index in [4.69, 9.17) is 0 Å². The minimum Gasteiger partial charge on any atom is -0.309 e. The van der Waals surface area contributed by atoms with Gasteiger partial charge in [0.2, 0.25) is 0 Å². The van der Waals surface area contributed by atoms with Crippen LogP contribution in [0.25, 0.3) is 93.6 Å². The van der Waals surface area contributed by atoms with Crippen LogP contribution in [0, 0.1) is 22.7 Å². The Balaban J connectivity index is 1.12. The summed E-state index contributed by atoms with van der Waals surface area (Å²) in [4.78, 5) is 0. The molecule has 0 radical (unpaired) electrons. The minimum absolute atomic E-state index is 0.599. The number of hydrogen-bond acceptors (Lipinski definition) is 2. The molecule has 0 saturated carbocycles. The van der Waals surface area contributed by atoms with Crippen molar-refractivity contribution in [2.75, 3.05) is 0 Å². The van der Waals surface area contributed by atoms with Gasteiger partial charge in [0.05, 0.1) is 61.7 Å². The molecular formula is C50H29N5. The van der Waals surface area contributed by atoms with E-state index in [1.807, 2.05) is 36.4 Å². The first-order chi connectivity index (χ1) is 27.2. The largest absolute Gasteiger partial charge is 0.309 e. The Bertz CT molecular complexity index is 3400. The number of para-hydroxylation sites is 5. The zero-order valence-electron chi connectivity index (χ0n) is 29.5. The van der Waals surface area contributed by atoms with Crippen LogP contribution in [-0.2, 0) is 0 Å². The van der Waals surface area contributed by atoms with E-state index in [0.29, 0.717) is 11.1 Å². The molecule has 254 valence electrons. The van der Waals surface area contributed by atoms with E-state index < -0.39 is 0 Å². The zero-order chi connectivity index (χ0) is 36.6. The molecule has 0 amide bonds. The molecule has 11 rings (SSSR count). The van der Waals surface area contributed by atoms with Gasteiger partial charge in [-0.15, -0.1) is 0 Å². The molecule has 55 heavy (non-hydrogen) atoms. The predicted octanol–water partition coefficient (Wildman–Crippen LogP) is 12.4. The average Bonchev–Trinajstić information content (AvgIpc) is 3.89. The quantitative estimate of drug-likeness (QED) is 0.184. The molecule has 0 bridgehead atoms. The van der Waals surface area contributed by atoms with Crippen LogP contribution in [0.4, 0.5) is 0 Å². The summed E-state index contributed by atoms with van der Waals surface area (Å²) in [5, 5.41) is 27.1. The lowest BCUT2D eigenvalue weighted by atomic mass is 10.0. The number of fused-ring (bicyclic) bond motifs is 9. The molecule has 0 aliphatic heterocycles. The second-order valence-electron chi connectivity index (χ2n) is 14.0. The van der Waals surface area contributed by atoms with Crippen molar-refractivity contribution >= 4 is 65.4 Å². The van der Waals surface area contributed by atoms with E-state index in [1.54, 1.807) is 0 Å². The lowest BCUT2D eigenvalue weighted by Crippen LogP contribution is -2.02. The summed E-state index contributed by atoms with van der Waals surface area (Å²) in [5.41, 5.74) is 12.7. The van der Waals surface area contributed by atoms with Crippen molar-refractivity contribution in [3.63, 3.8) is 0 Å². The summed E-state index contributed by atoms with van der Waals surface area (Å²) in [5.74, 6) is 0. The maximum absolute atomic E-state index is 10.6. The number of nitrogens with zero attached hydrogens (tertiary/aromatic N) is 5. The maximum atomic E-state index is 10.6. The summed E-state index contributed by atoms with van der Waals surface area (Å²) in [6.07, 6.45) is 0. The Morgan fingerprint density at radius 1 is 0.345 bits per heavy atom. The summed E-state index contributed by atoms with van der Waals surface area (Å²) in [6, 6.07) is 66.0. The molecule has 0 fully saturated rings. The molecule has 3 heterocycles. The van der Waals surface area contributed by atoms with E-state index in [9.17, 15) is 10.5 Å². The van der Waals surface area contributed by atoms with Crippen LogP contribution in [0.15, 0.2) is 176 Å². The normalized spacial score (nSPS) is 11.6. The van der Waals surface area contributed by atoms with E-state index in [1.165, 1.54) is 10.8 Å². The first-order valence-corrected chi connectivity index (χ1v) is 18.3. The summed E-state index contributed by atoms with van der Waals surface area (Å²) >= 11 is 0. The molecule has 0 aliphatic rings. The van der Waals surface area contributed by atoms with Gasteiger partial charge in [-0.25, -0.2) is 0 Å². The Hall–Kier alpha value is -7.86. The van der Waals surface area contributed by atoms with Gasteiger partial charge in [-0.1, -0.05) is 103 Å². The lowest BCUT2D eigenvalue weighted by Gasteiger charge is -2.16. The standard InChI is InChI=1S/C50H29N5/c51-30-32-20-27-47-42(28-32)40-13-4-5-15-43(40)53(47)36-25-23-33(24-26-36)34-21-22-35(31-52)49(29-34)55-46-18-8-3-12-39(46)41-14-9-19-48(50(41)55)54-44-16-6-1-10-37(44)38-11-2-7-17-45(38)54/h1-29H. The van der Waals surface area contributed by atoms with Crippen molar-refractivity contribution in [1.29, 1.82) is 10.5 Å². The fourth-order valence-corrected chi connectivity index (χ4v) is 8.73. The highest BCUT2D eigenvalue weighted by atomic mass is 15.1. The average molecular weight is 700 g/mol. The van der Waals surface area contributed by atoms with E-state index in [0.717, 1.165) is 82.8 Å². The minimum atomic E-state index is 0.599. The molecule has 3 aromatic heterocycles. The molecule has 0 atom stereocenters. The summed E-state index contributed by atoms with van der Waals surface area (Å²) in [6.45, 7) is 0. The topological polar surface area (TPSA) is 62.4 Å². The second-order valence-corrected chi connectivity index (χ2v) is 14.0. The summed E-state index contributed by atoms with van der Waals surface area (Å²) in [7, 11) is 0. The number of nitriles is 2. The molecule has 0 spiro atoms. The first-order valence-electron chi connectivity index (χ1n) is 18.3. The lowest BCUT2D eigenvalue weighted by molar-refractivity contribution is 1.12. The third-order valence-electron chi connectivity index (χ3n) is 11.1. The van der Waals surface area contributed by atoms with Crippen molar-refractivity contribution in [1.82, 2.24) is 13.7 Å². The van der Waals surface area contributed by atoms with Gasteiger partial charge in [0.15, 0.2) is 0 Å². The van der Waals surface area contributed by atoms with E-state index in [2.05, 4.69) is 165 Å². The number of benzene rings is 8. The Morgan fingerprint density at radius 3 is 1.51 bits per heavy atom. The highest BCUT2D eigenvalue weighted by molar-refractivity contribution is 6.15. The number of hydrogen-bond donors (Lipinski definition) is 0. The molecule has 8 aromatic carbocycles. The molecule has 11 aromatic rings. The van der Waals surface area contributed by atoms with Crippen LogP contribution in [0.2, 0.25) is 0 Å². The van der Waals surface area contributed by atoms with Gasteiger partial charge in [-0.3, -0.25) is 0 Å². The molecule has 0 saturated heterocycles. The third kappa shape index (κ3) is 4.45. The molecular weight excluding hydrogens is 671 g/mol. The monoisotopic (exact) mass is 699 g/mol. The van der Waals surface area contributed by atoms with Crippen molar-refractivity contribution < 1.29 is 0 Å². The van der Waals surface area contributed by atoms with Gasteiger partial charge in [0, 0.05) is 38.0 Å². The molecule has 0 aliphatic carbocycles. The fraction of sp³-hybridized carbons (Fsp3) is 0. The van der Waals surface area contributed by atoms with Crippen molar-refractivity contribution in [3.8, 4) is 40.3 Å². The van der Waals surface area contributed by atoms with Crippen LogP contribution in [0.1, 0.15) is 11.1 Å². The van der Waals surface area contributed by atoms with Crippen LogP contribution in [0.5, 0.6) is 0 Å². The van der Waals surface area contributed by atoms with Crippen LogP contribution in [0.3, 0.4) is 0 Å². The van der Waals surface area contributed by atoms with Gasteiger partial charge < -0.3 is 13.7 Å². The van der Waals surface area contributed by atoms with Crippen LogP contribution < -0.4 is 0 Å². The fourth-order valence-electron chi connectivity index (χ4n) is 8.73. The van der Waals surface area contributed by atoms with Crippen LogP contribution >= 0.6 is 0 Å². The number of aromatic nitrogens is 3. The van der Waals surface area contributed by atoms with Crippen LogP contribution in [-0.4, -0.2) is 13.7 Å². The number of rotatable bonds is 4. The highest BCUT2D eigenvalue weighted by Crippen LogP contribution is 2.41. The van der Waals surface area contributed by atoms with Gasteiger partial charge in [0.25, 0.3) is 0 Å². The third-order valence-corrected chi connectivity index (χ3v) is 11.1. The molecule has 0 N–H and O–H groups in total. The Morgan fingerprint density at radius 2 is 0.873 bits per heavy atom. The smallest absolute Gasteiger partial charge is 0.101 e. The zero-order valence-corrected chi connectivity index (χ0v) is 29.5. The SMILES string of the molecule is N#Cc1ccc2c(c1)c1ccccc1n2-c1ccc(-c2ccc(C#N)c(-n3c4ccccc4c4cccc(-n5c6ccccc6c6ccccc65)c43)c2)cc1. The molecule has 0 unspecified atom stereocenters. The predicted molar refractivity (Wildman–Crippen MR) is 224 cm³/mol.